The van der Waals surface area contributed by atoms with E-state index in [2.05, 4.69) is 33.5 Å². The summed E-state index contributed by atoms with van der Waals surface area (Å²) >= 11 is 0. The summed E-state index contributed by atoms with van der Waals surface area (Å²) in [6, 6.07) is 0. The fraction of sp³-hybridized carbons (Fsp3) is 1.00. The first-order valence-corrected chi connectivity index (χ1v) is 22.9. The van der Waals surface area contributed by atoms with Crippen LogP contribution in [0.2, 0.25) is 0 Å². The van der Waals surface area contributed by atoms with Gasteiger partial charge in [-0.25, -0.2) is 67.3 Å². The molecule has 0 unspecified atom stereocenters. The molecule has 2 heterocycles. The predicted molar refractivity (Wildman–Crippen MR) is 137 cm³/mol. The largest absolute Gasteiger partial charge is 1.00 e. The van der Waals surface area contributed by atoms with E-state index < -0.39 is 158 Å². The molecule has 0 aromatic rings. The fourth-order valence-corrected chi connectivity index (χ4v) is 7.69. The van der Waals surface area contributed by atoms with Gasteiger partial charge in [-0.3, -0.25) is 33.5 Å². The molecule has 51 heteroatoms. The Balaban J connectivity index is -0.000000784. The van der Waals surface area contributed by atoms with Crippen LogP contribution in [0.1, 0.15) is 0 Å². The molecular formula is C12H14Na8O35S8. The van der Waals surface area contributed by atoms with Crippen LogP contribution in [0.5, 0.6) is 0 Å². The van der Waals surface area contributed by atoms with Gasteiger partial charge in [0.1, 0.15) is 36.6 Å². The van der Waals surface area contributed by atoms with Gasteiger partial charge in [0.05, 0.1) is 13.2 Å². The SMILES string of the molecule is O=S(=O)([O-])OC[C@H]1O[C@H](O[C@H]2O[C@H](COS(=O)(=O)[O-])[C@@H](OS(=O)(=O)[O-])[C@H](OS(=O)(=O)[O-])[C@H]2OS(=O)(=O)[O-])[C@H](OS(=O)(=O)[O-])[C@@H](OS(=O)(=O)[O-])[C@@H]1OS(=O)(=O)[O-].[Na+].[Na+].[Na+].[Na+].[Na+].[Na+].[Na+].[Na+]. The molecule has 2 rings (SSSR count). The minimum atomic E-state index is -6.50. The summed E-state index contributed by atoms with van der Waals surface area (Å²) in [6.45, 7) is -4.14. The van der Waals surface area contributed by atoms with E-state index in [0.717, 1.165) is 0 Å². The van der Waals surface area contributed by atoms with Gasteiger partial charge in [0.2, 0.25) is 83.2 Å². The Bertz CT molecular complexity index is 2130. The van der Waals surface area contributed by atoms with Crippen LogP contribution in [-0.2, 0) is 131 Å². The van der Waals surface area contributed by atoms with Crippen LogP contribution < -0.4 is 236 Å². The number of ether oxygens (including phenoxy) is 3. The standard InChI is InChI=1S/C12H22O35S8.8Na/c13-48(14,15)37-1-3-5(42-50(19,20)21)7(44-52(25,26)27)9(46-54(31,32)33)11(39-3)41-12-10(47-55(34,35)36)8(45-53(28,29)30)6(43-51(22,23)24)4(40-12)2-38-49(16,17)18;;;;;;;;/h3-12H,1-2H2,(H,13,14,15)(H,16,17,18)(H,19,20,21)(H,22,23,24)(H,25,26,27)(H,28,29,30)(H,31,32,33)(H,34,35,36);;;;;;;;/q;8*+1/p-8/t3-,4-,5-,6-,7+,8+,9-,10-,11-,12-;;;;;;;;/m1......../s1. The van der Waals surface area contributed by atoms with Crippen LogP contribution in [0, 0.1) is 0 Å². The summed E-state index contributed by atoms with van der Waals surface area (Å²) in [6.07, 6.45) is -33.9. The molecule has 2 saturated heterocycles. The van der Waals surface area contributed by atoms with Crippen molar-refractivity contribution in [2.24, 2.45) is 0 Å². The molecule has 2 fully saturated rings. The summed E-state index contributed by atoms with van der Waals surface area (Å²) in [5, 5.41) is 0. The zero-order valence-electron chi connectivity index (χ0n) is 32.7. The minimum Gasteiger partial charge on any atom is -0.726 e. The van der Waals surface area contributed by atoms with Crippen molar-refractivity contribution in [3.8, 4) is 0 Å². The molecule has 0 radical (unpaired) electrons. The first-order chi connectivity index (χ1) is 24.2. The zero-order chi connectivity index (χ0) is 43.0. The van der Waals surface area contributed by atoms with Gasteiger partial charge < -0.3 is 50.6 Å². The molecular weight excluding hydrogens is 1140 g/mol. The predicted octanol–water partition coefficient (Wildman–Crippen LogP) is -33.5. The van der Waals surface area contributed by atoms with Crippen molar-refractivity contribution < 1.29 is 388 Å². The van der Waals surface area contributed by atoms with Crippen LogP contribution in [-0.4, -0.2) is 178 Å². The van der Waals surface area contributed by atoms with E-state index in [4.69, 9.17) is 14.2 Å². The molecule has 0 N–H and O–H groups in total. The van der Waals surface area contributed by atoms with Crippen molar-refractivity contribution in [2.45, 2.75) is 61.4 Å². The van der Waals surface area contributed by atoms with E-state index in [1.54, 1.807) is 0 Å². The van der Waals surface area contributed by atoms with Crippen molar-refractivity contribution >= 4 is 83.2 Å². The van der Waals surface area contributed by atoms with E-state index in [1.165, 1.54) is 0 Å². The van der Waals surface area contributed by atoms with E-state index in [0.29, 0.717) is 0 Å². The molecule has 35 nitrogen and oxygen atoms in total. The zero-order valence-corrected chi connectivity index (χ0v) is 55.3. The molecule has 2 aliphatic rings. The van der Waals surface area contributed by atoms with Gasteiger partial charge in [-0.05, 0) is 0 Å². The quantitative estimate of drug-likeness (QED) is 0.0620. The molecule has 0 aliphatic carbocycles. The van der Waals surface area contributed by atoms with Crippen molar-refractivity contribution in [3.05, 3.63) is 0 Å². The first kappa shape index (κ1) is 83.8. The third-order valence-electron chi connectivity index (χ3n) is 5.58. The number of hydrogen-bond donors (Lipinski definition) is 0. The topological polar surface area (TPSA) is 559 Å². The fourth-order valence-electron chi connectivity index (χ4n) is 4.15. The molecule has 0 saturated carbocycles. The van der Waals surface area contributed by atoms with Gasteiger partial charge in [-0.15, -0.1) is 0 Å². The van der Waals surface area contributed by atoms with Crippen molar-refractivity contribution in [3.63, 3.8) is 0 Å². The third kappa shape index (κ3) is 35.7. The maximum Gasteiger partial charge on any atom is 1.00 e. The van der Waals surface area contributed by atoms with Gasteiger partial charge >= 0.3 is 236 Å². The van der Waals surface area contributed by atoms with E-state index in [1.807, 2.05) is 0 Å². The van der Waals surface area contributed by atoms with Gasteiger partial charge in [0, 0.05) is 0 Å². The van der Waals surface area contributed by atoms with Gasteiger partial charge in [0.15, 0.2) is 24.8 Å². The molecule has 0 spiro atoms. The summed E-state index contributed by atoms with van der Waals surface area (Å²) in [5.41, 5.74) is 0. The second-order valence-corrected chi connectivity index (χ2v) is 17.6. The first-order valence-electron chi connectivity index (χ1n) is 12.2. The van der Waals surface area contributed by atoms with Crippen LogP contribution >= 0.6 is 0 Å². The van der Waals surface area contributed by atoms with Crippen molar-refractivity contribution in [1.29, 1.82) is 0 Å². The van der Waals surface area contributed by atoms with Crippen molar-refractivity contribution in [1.82, 2.24) is 0 Å². The Morgan fingerprint density at radius 1 is 0.302 bits per heavy atom. The Labute approximate surface area is 535 Å². The van der Waals surface area contributed by atoms with E-state index in [-0.39, 0.29) is 236 Å². The molecule has 0 aromatic carbocycles. The Morgan fingerprint density at radius 2 is 0.492 bits per heavy atom. The number of rotatable bonds is 20. The Kier molecular flexibility index (Phi) is 44.0. The molecule has 10 atom stereocenters. The Morgan fingerprint density at radius 3 is 0.683 bits per heavy atom. The second kappa shape index (κ2) is 33.1. The summed E-state index contributed by atoms with van der Waals surface area (Å²) < 4.78 is 319. The Hall–Kier alpha value is 6.84. The summed E-state index contributed by atoms with van der Waals surface area (Å²) in [7, 11) is -50.7. The molecule has 63 heavy (non-hydrogen) atoms. The van der Waals surface area contributed by atoms with Gasteiger partial charge in [-0.2, -0.15) is 0 Å². The molecule has 0 bridgehead atoms. The van der Waals surface area contributed by atoms with Crippen molar-refractivity contribution in [2.75, 3.05) is 13.2 Å². The van der Waals surface area contributed by atoms with Crippen LogP contribution in [0.4, 0.5) is 0 Å². The monoisotopic (exact) mass is 1160 g/mol. The van der Waals surface area contributed by atoms with Crippen LogP contribution in [0.25, 0.3) is 0 Å². The smallest absolute Gasteiger partial charge is 0.726 e. The van der Waals surface area contributed by atoms with Gasteiger partial charge in [-0.1, -0.05) is 0 Å². The minimum absolute atomic E-state index is 0. The normalized spacial score (nSPS) is 27.0. The van der Waals surface area contributed by atoms with E-state index in [9.17, 15) is 104 Å². The second-order valence-electron chi connectivity index (χ2n) is 9.42. The third-order valence-corrected chi connectivity index (χ3v) is 9.17. The molecule has 0 aromatic heterocycles. The van der Waals surface area contributed by atoms with Crippen LogP contribution in [0.15, 0.2) is 0 Å². The maximum absolute atomic E-state index is 11.6. The van der Waals surface area contributed by atoms with Gasteiger partial charge in [0.25, 0.3) is 0 Å². The summed E-state index contributed by atoms with van der Waals surface area (Å²) in [5.74, 6) is 0. The van der Waals surface area contributed by atoms with E-state index >= 15 is 0 Å². The maximum atomic E-state index is 11.6. The summed E-state index contributed by atoms with van der Waals surface area (Å²) in [4.78, 5) is 0. The molecule has 0 amide bonds. The molecule has 328 valence electrons. The average Bonchev–Trinajstić information content (AvgIpc) is 2.88. The molecule has 2 aliphatic heterocycles. The average molecular weight is 1160 g/mol. The number of hydrogen-bond acceptors (Lipinski definition) is 35. The van der Waals surface area contributed by atoms with Crippen LogP contribution in [0.3, 0.4) is 0 Å².